The number of carboxylic acids is 2. The Morgan fingerprint density at radius 2 is 1.65 bits per heavy atom. The molecule has 8 heteroatoms. The fourth-order valence-electron chi connectivity index (χ4n) is 2.63. The molecule has 7 nitrogen and oxygen atoms in total. The molecule has 2 rings (SSSR count). The van der Waals surface area contributed by atoms with Gasteiger partial charge in [-0.3, -0.25) is 4.90 Å². The van der Waals surface area contributed by atoms with Crippen molar-refractivity contribution in [3.05, 3.63) is 27.8 Å². The van der Waals surface area contributed by atoms with E-state index in [2.05, 4.69) is 53.5 Å². The molecule has 0 saturated carbocycles. The molecule has 1 aromatic carbocycles. The maximum absolute atomic E-state index is 9.10. The van der Waals surface area contributed by atoms with E-state index < -0.39 is 11.9 Å². The molecular weight excluding hydrogens is 453 g/mol. The molecule has 1 saturated heterocycles. The first kappa shape index (κ1) is 22.7. The molecule has 2 unspecified atom stereocenters. The van der Waals surface area contributed by atoms with Crippen LogP contribution in [0.2, 0.25) is 0 Å². The van der Waals surface area contributed by atoms with Crippen molar-refractivity contribution in [1.82, 2.24) is 4.90 Å². The van der Waals surface area contributed by atoms with E-state index in [1.807, 2.05) is 12.1 Å². The molecule has 0 aliphatic carbocycles. The van der Waals surface area contributed by atoms with Gasteiger partial charge in [0.1, 0.15) is 5.75 Å². The largest absolute Gasteiger partial charge is 0.494 e. The predicted molar refractivity (Wildman–Crippen MR) is 106 cm³/mol. The molecule has 0 bridgehead atoms. The van der Waals surface area contributed by atoms with Gasteiger partial charge in [0.2, 0.25) is 0 Å². The molecular formula is C18H26INO6. The van der Waals surface area contributed by atoms with E-state index in [0.29, 0.717) is 12.2 Å². The van der Waals surface area contributed by atoms with Gasteiger partial charge < -0.3 is 19.7 Å². The smallest absolute Gasteiger partial charge is 0.414 e. The minimum atomic E-state index is -1.82. The minimum Gasteiger partial charge on any atom is -0.494 e. The summed E-state index contributed by atoms with van der Waals surface area (Å²) in [5.74, 6) is -2.68. The van der Waals surface area contributed by atoms with Crippen LogP contribution in [-0.4, -0.2) is 65.5 Å². The number of hydrogen-bond acceptors (Lipinski definition) is 5. The minimum absolute atomic E-state index is 0.363. The van der Waals surface area contributed by atoms with Crippen LogP contribution in [0.25, 0.3) is 0 Å². The summed E-state index contributed by atoms with van der Waals surface area (Å²) >= 11 is 2.30. The Hall–Kier alpha value is -1.39. The molecule has 0 aromatic heterocycles. The summed E-state index contributed by atoms with van der Waals surface area (Å²) in [6.45, 7) is 8.37. The normalized spacial score (nSPS) is 20.0. The van der Waals surface area contributed by atoms with Crippen molar-refractivity contribution in [3.63, 3.8) is 0 Å². The number of carbonyl (C=O) groups is 2. The molecule has 0 amide bonds. The van der Waals surface area contributed by atoms with E-state index in [0.717, 1.165) is 38.4 Å². The number of carboxylic acid groups (broad SMARTS) is 2. The number of unbranched alkanes of at least 4 members (excludes halogenated alkanes) is 1. The van der Waals surface area contributed by atoms with Crippen LogP contribution in [0.5, 0.6) is 5.75 Å². The van der Waals surface area contributed by atoms with E-state index in [1.165, 1.54) is 9.99 Å². The lowest BCUT2D eigenvalue weighted by Gasteiger charge is -2.35. The van der Waals surface area contributed by atoms with Gasteiger partial charge in [0.25, 0.3) is 0 Å². The molecule has 0 spiro atoms. The standard InChI is InChI=1S/C16H24INO2.C2H2O4/c1-13-11-18(12-14(2)20-13)9-3-4-10-19-16-7-5-15(17)6-8-16;3-1(4)2(5)6/h5-8,13-14H,3-4,9-12H2,1-2H3;(H,3,4)(H,5,6). The van der Waals surface area contributed by atoms with Crippen molar-refractivity contribution < 1.29 is 29.3 Å². The van der Waals surface area contributed by atoms with Crippen LogP contribution in [0.15, 0.2) is 24.3 Å². The van der Waals surface area contributed by atoms with Gasteiger partial charge in [0.05, 0.1) is 18.8 Å². The third-order valence-electron chi connectivity index (χ3n) is 3.63. The Balaban J connectivity index is 0.000000487. The number of benzene rings is 1. The third kappa shape index (κ3) is 9.93. The van der Waals surface area contributed by atoms with Gasteiger partial charge >= 0.3 is 11.9 Å². The Morgan fingerprint density at radius 1 is 1.12 bits per heavy atom. The summed E-state index contributed by atoms with van der Waals surface area (Å²) in [4.78, 5) is 20.7. The second-order valence-electron chi connectivity index (χ2n) is 6.14. The summed E-state index contributed by atoms with van der Waals surface area (Å²) in [6, 6.07) is 8.22. The average Bonchev–Trinajstić information content (AvgIpc) is 2.56. The second-order valence-corrected chi connectivity index (χ2v) is 7.38. The van der Waals surface area contributed by atoms with Crippen LogP contribution in [0.3, 0.4) is 0 Å². The molecule has 2 N–H and O–H groups in total. The van der Waals surface area contributed by atoms with Crippen LogP contribution in [0, 0.1) is 3.57 Å². The van der Waals surface area contributed by atoms with Crippen molar-refractivity contribution in [2.45, 2.75) is 38.9 Å². The van der Waals surface area contributed by atoms with E-state index in [4.69, 9.17) is 29.3 Å². The average molecular weight is 479 g/mol. The summed E-state index contributed by atoms with van der Waals surface area (Å²) in [6.07, 6.45) is 3.01. The Kier molecular flexibility index (Phi) is 10.5. The van der Waals surface area contributed by atoms with E-state index in [1.54, 1.807) is 0 Å². The Morgan fingerprint density at radius 3 is 2.15 bits per heavy atom. The highest BCUT2D eigenvalue weighted by atomic mass is 127. The highest BCUT2D eigenvalue weighted by Crippen LogP contribution is 2.14. The first-order valence-corrected chi connectivity index (χ1v) is 9.58. The molecule has 1 aromatic rings. The van der Waals surface area contributed by atoms with Gasteiger partial charge in [0, 0.05) is 16.7 Å². The molecule has 1 aliphatic rings. The SMILES string of the molecule is CC1CN(CCCCOc2ccc(I)cc2)CC(C)O1.O=C(O)C(=O)O. The number of morpholine rings is 1. The van der Waals surface area contributed by atoms with Crippen molar-refractivity contribution in [2.24, 2.45) is 0 Å². The van der Waals surface area contributed by atoms with Crippen LogP contribution in [0.4, 0.5) is 0 Å². The van der Waals surface area contributed by atoms with E-state index in [9.17, 15) is 0 Å². The third-order valence-corrected chi connectivity index (χ3v) is 4.35. The van der Waals surface area contributed by atoms with E-state index in [-0.39, 0.29) is 0 Å². The maximum Gasteiger partial charge on any atom is 0.414 e. The summed E-state index contributed by atoms with van der Waals surface area (Å²) in [7, 11) is 0. The molecule has 1 aliphatic heterocycles. The van der Waals surface area contributed by atoms with Crippen LogP contribution >= 0.6 is 22.6 Å². The molecule has 26 heavy (non-hydrogen) atoms. The second kappa shape index (κ2) is 12.1. The van der Waals surface area contributed by atoms with Crippen LogP contribution < -0.4 is 4.74 Å². The number of hydrogen-bond donors (Lipinski definition) is 2. The van der Waals surface area contributed by atoms with Gasteiger partial charge in [0.15, 0.2) is 0 Å². The number of ether oxygens (including phenoxy) is 2. The Bertz CT molecular complexity index is 543. The van der Waals surface area contributed by atoms with Crippen molar-refractivity contribution >= 4 is 34.5 Å². The molecule has 1 heterocycles. The quantitative estimate of drug-likeness (QED) is 0.368. The van der Waals surface area contributed by atoms with Crippen LogP contribution in [0.1, 0.15) is 26.7 Å². The fourth-order valence-corrected chi connectivity index (χ4v) is 2.98. The summed E-state index contributed by atoms with van der Waals surface area (Å²) in [5.41, 5.74) is 0. The van der Waals surface area contributed by atoms with Gasteiger partial charge in [-0.25, -0.2) is 9.59 Å². The number of halogens is 1. The van der Waals surface area contributed by atoms with Crippen LogP contribution in [-0.2, 0) is 14.3 Å². The van der Waals surface area contributed by atoms with Gasteiger partial charge in [-0.1, -0.05) is 0 Å². The zero-order valence-electron chi connectivity index (χ0n) is 15.1. The number of nitrogens with zero attached hydrogens (tertiary/aromatic N) is 1. The summed E-state index contributed by atoms with van der Waals surface area (Å²) in [5, 5.41) is 14.8. The fraction of sp³-hybridized carbons (Fsp3) is 0.556. The number of aliphatic carboxylic acids is 2. The molecule has 2 atom stereocenters. The lowest BCUT2D eigenvalue weighted by molar-refractivity contribution is -0.159. The lowest BCUT2D eigenvalue weighted by Crippen LogP contribution is -2.45. The maximum atomic E-state index is 9.10. The van der Waals surface area contributed by atoms with Gasteiger partial charge in [-0.05, 0) is 80.1 Å². The Labute approximate surface area is 167 Å². The van der Waals surface area contributed by atoms with Crippen molar-refractivity contribution in [1.29, 1.82) is 0 Å². The topological polar surface area (TPSA) is 96.3 Å². The highest BCUT2D eigenvalue weighted by Gasteiger charge is 2.21. The van der Waals surface area contributed by atoms with Gasteiger partial charge in [-0.15, -0.1) is 0 Å². The first-order valence-electron chi connectivity index (χ1n) is 8.50. The van der Waals surface area contributed by atoms with E-state index >= 15 is 0 Å². The molecule has 1 fully saturated rings. The molecule has 146 valence electrons. The van der Waals surface area contributed by atoms with Gasteiger partial charge in [-0.2, -0.15) is 0 Å². The lowest BCUT2D eigenvalue weighted by atomic mass is 10.2. The monoisotopic (exact) mass is 479 g/mol. The van der Waals surface area contributed by atoms with Crippen molar-refractivity contribution in [2.75, 3.05) is 26.2 Å². The zero-order valence-corrected chi connectivity index (χ0v) is 17.2. The first-order chi connectivity index (χ1) is 12.3. The molecule has 0 radical (unpaired) electrons. The number of rotatable bonds is 6. The van der Waals surface area contributed by atoms with Crippen molar-refractivity contribution in [3.8, 4) is 5.75 Å². The predicted octanol–water partition coefficient (Wildman–Crippen LogP) is 2.71. The summed E-state index contributed by atoms with van der Waals surface area (Å²) < 4.78 is 12.7. The zero-order chi connectivity index (χ0) is 19.5. The highest BCUT2D eigenvalue weighted by molar-refractivity contribution is 14.1.